The number of hydrogen-bond donors (Lipinski definition) is 2. The maximum atomic E-state index is 10.8. The largest absolute Gasteiger partial charge is 1.00 e. The number of nitrogens with one attached hydrogen (secondary N) is 2. The van der Waals surface area contributed by atoms with E-state index in [1.807, 2.05) is 4.72 Å². The Bertz CT molecular complexity index is 580. The third kappa shape index (κ3) is 13.6. The molecule has 148 valence electrons. The second-order valence-corrected chi connectivity index (χ2v) is 6.97. The van der Waals surface area contributed by atoms with Crippen molar-refractivity contribution in [1.82, 2.24) is 13.7 Å². The van der Waals surface area contributed by atoms with Crippen LogP contribution in [0.1, 0.15) is 49.5 Å². The molecule has 2 amide bonds. The van der Waals surface area contributed by atoms with Gasteiger partial charge in [0, 0.05) is 6.54 Å². The van der Waals surface area contributed by atoms with E-state index in [9.17, 15) is 26.4 Å². The summed E-state index contributed by atoms with van der Waals surface area (Å²) in [5.74, 6) is -1.02. The van der Waals surface area contributed by atoms with E-state index in [1.54, 1.807) is 6.92 Å². The molecule has 2 aliphatic rings. The van der Waals surface area contributed by atoms with Crippen LogP contribution >= 0.6 is 0 Å². The Morgan fingerprint density at radius 3 is 1.52 bits per heavy atom. The average Bonchev–Trinajstić information content (AvgIpc) is 2.80. The SMILES string of the molecule is C.C.C.CCC.CCN1C(=O)CNS1(=O)=O.O=C1CNS(=O)(=O)[N-]1.[Na+]. The number of rotatable bonds is 1. The zero-order chi connectivity index (χ0) is 16.7. The maximum Gasteiger partial charge on any atom is 1.00 e. The van der Waals surface area contributed by atoms with Crippen molar-refractivity contribution >= 4 is 32.2 Å². The van der Waals surface area contributed by atoms with Gasteiger partial charge in [-0.25, -0.2) is 17.4 Å². The van der Waals surface area contributed by atoms with Crippen molar-refractivity contribution in [2.45, 2.75) is 49.5 Å². The summed E-state index contributed by atoms with van der Waals surface area (Å²) in [7, 11) is -7.02. The summed E-state index contributed by atoms with van der Waals surface area (Å²) < 4.78 is 49.4. The van der Waals surface area contributed by atoms with Crippen molar-refractivity contribution in [2.24, 2.45) is 0 Å². The molecule has 2 fully saturated rings. The van der Waals surface area contributed by atoms with Gasteiger partial charge in [-0.15, -0.1) is 0 Å². The third-order valence-electron chi connectivity index (χ3n) is 1.89. The molecular formula is C12H31N4NaO6S2. The molecule has 13 heteroatoms. The van der Waals surface area contributed by atoms with Crippen molar-refractivity contribution in [3.63, 3.8) is 0 Å². The van der Waals surface area contributed by atoms with Crippen LogP contribution in [0.25, 0.3) is 4.72 Å². The first kappa shape index (κ1) is 35.8. The van der Waals surface area contributed by atoms with E-state index in [1.165, 1.54) is 6.42 Å². The molecule has 0 aromatic carbocycles. The number of amides is 2. The molecule has 10 nitrogen and oxygen atoms in total. The minimum atomic E-state index is -3.57. The van der Waals surface area contributed by atoms with Gasteiger partial charge in [-0.3, -0.25) is 4.79 Å². The zero-order valence-corrected chi connectivity index (χ0v) is 16.6. The van der Waals surface area contributed by atoms with Crippen molar-refractivity contribution in [3.8, 4) is 0 Å². The fourth-order valence-electron chi connectivity index (χ4n) is 1.15. The second-order valence-electron chi connectivity index (χ2n) is 3.87. The van der Waals surface area contributed by atoms with Crippen LogP contribution in [-0.2, 0) is 30.0 Å². The number of nitrogens with zero attached hydrogens (tertiary/aromatic N) is 2. The van der Waals surface area contributed by atoms with Gasteiger partial charge in [0.05, 0.1) is 19.0 Å². The van der Waals surface area contributed by atoms with Gasteiger partial charge < -0.3 is 9.52 Å². The second kappa shape index (κ2) is 16.0. The van der Waals surface area contributed by atoms with Crippen LogP contribution in [0.3, 0.4) is 0 Å². The normalized spacial score (nSPS) is 18.3. The summed E-state index contributed by atoms with van der Waals surface area (Å²) in [6, 6.07) is 0. The van der Waals surface area contributed by atoms with Crippen LogP contribution in [0.4, 0.5) is 0 Å². The molecule has 25 heavy (non-hydrogen) atoms. The first-order valence-electron chi connectivity index (χ1n) is 6.15. The predicted molar refractivity (Wildman–Crippen MR) is 95.8 cm³/mol. The van der Waals surface area contributed by atoms with Gasteiger partial charge in [0.2, 0.25) is 0 Å². The molecule has 0 bridgehead atoms. The van der Waals surface area contributed by atoms with Crippen molar-refractivity contribution in [3.05, 3.63) is 4.72 Å². The molecule has 0 saturated carbocycles. The number of hydrogen-bond acceptors (Lipinski definition) is 6. The summed E-state index contributed by atoms with van der Waals surface area (Å²) in [5, 5.41) is 0. The zero-order valence-electron chi connectivity index (χ0n) is 13.0. The topological polar surface area (TPSA) is 144 Å². The Balaban J connectivity index is -0.0000000819. The molecule has 0 unspecified atom stereocenters. The maximum absolute atomic E-state index is 10.8. The summed E-state index contributed by atoms with van der Waals surface area (Å²) in [4.78, 5) is 20.8. The minimum Gasteiger partial charge on any atom is -0.532 e. The van der Waals surface area contributed by atoms with Gasteiger partial charge in [-0.2, -0.15) is 13.1 Å². The van der Waals surface area contributed by atoms with E-state index >= 15 is 0 Å². The first-order valence-corrected chi connectivity index (χ1v) is 9.03. The van der Waals surface area contributed by atoms with E-state index in [4.69, 9.17) is 0 Å². The smallest absolute Gasteiger partial charge is 0.532 e. The van der Waals surface area contributed by atoms with E-state index in [2.05, 4.69) is 23.3 Å². The van der Waals surface area contributed by atoms with E-state index in [0.717, 1.165) is 4.31 Å². The van der Waals surface area contributed by atoms with Crippen molar-refractivity contribution in [1.29, 1.82) is 0 Å². The number of carbonyl (C=O) groups is 2. The molecule has 2 heterocycles. The van der Waals surface area contributed by atoms with Crippen LogP contribution in [-0.4, -0.2) is 52.6 Å². The van der Waals surface area contributed by atoms with E-state index in [-0.39, 0.29) is 77.4 Å². The van der Waals surface area contributed by atoms with Gasteiger partial charge in [-0.05, 0) is 6.92 Å². The van der Waals surface area contributed by atoms with Crippen LogP contribution in [0.5, 0.6) is 0 Å². The molecule has 2 aliphatic heterocycles. The van der Waals surface area contributed by atoms with E-state index in [0.29, 0.717) is 0 Å². The molecule has 0 spiro atoms. The Morgan fingerprint density at radius 1 is 0.960 bits per heavy atom. The molecule has 2 rings (SSSR count). The standard InChI is InChI=1S/C4H8N2O3S.C3H8.C2H4N2O3S.3CH4.Na/c1-2-6-4(7)3-5-10(6,8)9;1-3-2;5-2-1-3-8(6,7)4-2;;;;/h5H,2-3H2,1H3;3H2,1-2H3;3H,1H2,(H,4,5);3*1H4;/q;;;;;;+1/p-1. The summed E-state index contributed by atoms with van der Waals surface area (Å²) in [6.45, 7) is 5.77. The molecule has 0 aromatic rings. The Hall–Kier alpha value is -0.240. The fraction of sp³-hybridized carbons (Fsp3) is 0.833. The Labute approximate surface area is 175 Å². The molecule has 2 N–H and O–H groups in total. The molecule has 0 aromatic heterocycles. The van der Waals surface area contributed by atoms with Gasteiger partial charge in [0.1, 0.15) is 0 Å². The molecule has 0 atom stereocenters. The summed E-state index contributed by atoms with van der Waals surface area (Å²) in [6.07, 6.45) is 1.25. The monoisotopic (exact) mass is 414 g/mol. The van der Waals surface area contributed by atoms with Crippen LogP contribution in [0.15, 0.2) is 0 Å². The van der Waals surface area contributed by atoms with Crippen LogP contribution in [0, 0.1) is 0 Å². The van der Waals surface area contributed by atoms with Crippen molar-refractivity contribution in [2.75, 3.05) is 19.6 Å². The molecule has 0 aliphatic carbocycles. The quantitative estimate of drug-likeness (QED) is 0.464. The Morgan fingerprint density at radius 2 is 1.40 bits per heavy atom. The molecular weight excluding hydrogens is 383 g/mol. The van der Waals surface area contributed by atoms with Gasteiger partial charge in [-0.1, -0.05) is 42.5 Å². The predicted octanol–water partition coefficient (Wildman–Crippen LogP) is -2.25. The summed E-state index contributed by atoms with van der Waals surface area (Å²) in [5.41, 5.74) is 0. The fourth-order valence-corrected chi connectivity index (χ4v) is 2.99. The minimum absolute atomic E-state index is 0. The van der Waals surface area contributed by atoms with Crippen LogP contribution in [0.2, 0.25) is 0 Å². The van der Waals surface area contributed by atoms with Gasteiger partial charge >= 0.3 is 39.8 Å². The molecule has 0 radical (unpaired) electrons. The number of likely N-dealkylation sites (N-methyl/N-ethyl adjacent to an activating group) is 1. The molecule has 2 saturated heterocycles. The Kier molecular flexibility index (Phi) is 22.9. The van der Waals surface area contributed by atoms with Crippen LogP contribution < -0.4 is 39.0 Å². The van der Waals surface area contributed by atoms with Gasteiger partial charge in [0.25, 0.3) is 5.91 Å². The third-order valence-corrected chi connectivity index (χ3v) is 4.39. The average molecular weight is 415 g/mol. The first-order chi connectivity index (χ1) is 9.59. The number of carbonyl (C=O) groups excluding carboxylic acids is 2. The van der Waals surface area contributed by atoms with Crippen molar-refractivity contribution < 1.29 is 56.0 Å². The van der Waals surface area contributed by atoms with E-state index < -0.39 is 26.3 Å². The summed E-state index contributed by atoms with van der Waals surface area (Å²) >= 11 is 0. The van der Waals surface area contributed by atoms with Gasteiger partial charge in [0.15, 0.2) is 10.2 Å².